The highest BCUT2D eigenvalue weighted by atomic mass is 16.2. The number of hydrogen-bond acceptors (Lipinski definition) is 3. The van der Waals surface area contributed by atoms with Crippen LogP contribution in [0.3, 0.4) is 0 Å². The summed E-state index contributed by atoms with van der Waals surface area (Å²) >= 11 is 0. The molecule has 1 amide bonds. The molecule has 1 unspecified atom stereocenters. The number of rotatable bonds is 3. The topological polar surface area (TPSA) is 50.3 Å². The highest BCUT2D eigenvalue weighted by molar-refractivity contribution is 5.99. The largest absolute Gasteiger partial charge is 0.338 e. The first kappa shape index (κ1) is 14.4. The second-order valence-corrected chi connectivity index (χ2v) is 5.56. The van der Waals surface area contributed by atoms with Gasteiger partial charge < -0.3 is 4.90 Å². The van der Waals surface area contributed by atoms with Crippen molar-refractivity contribution in [3.8, 4) is 0 Å². The van der Waals surface area contributed by atoms with Gasteiger partial charge in [0.1, 0.15) is 0 Å². The molecule has 1 atom stereocenters. The second kappa shape index (κ2) is 6.52. The van der Waals surface area contributed by atoms with E-state index in [-0.39, 0.29) is 17.6 Å². The van der Waals surface area contributed by atoms with Crippen molar-refractivity contribution in [1.29, 1.82) is 0 Å². The number of hydrogen-bond donors (Lipinski definition) is 0. The average molecular weight is 294 g/mol. The molecule has 0 bridgehead atoms. The summed E-state index contributed by atoms with van der Waals surface area (Å²) in [6.07, 6.45) is 4.92. The standard InChI is InChI=1S/C18H18N2O2/c21-17(14-6-2-1-3-7-14)16-9-5-11-20(13-16)18(22)15-8-4-10-19-12-15/h1-4,6-8,10,12,16H,5,9,11,13H2. The Bertz CT molecular complexity index is 598. The number of piperidine rings is 1. The Morgan fingerprint density at radius 2 is 1.82 bits per heavy atom. The molecule has 112 valence electrons. The lowest BCUT2D eigenvalue weighted by Gasteiger charge is -2.32. The molecule has 2 aromatic rings. The summed E-state index contributed by atoms with van der Waals surface area (Å²) in [4.78, 5) is 30.8. The molecule has 3 rings (SSSR count). The van der Waals surface area contributed by atoms with Gasteiger partial charge in [-0.2, -0.15) is 0 Å². The van der Waals surface area contributed by atoms with E-state index < -0.39 is 0 Å². The van der Waals surface area contributed by atoms with Gasteiger partial charge in [0.05, 0.1) is 5.56 Å². The molecular weight excluding hydrogens is 276 g/mol. The number of nitrogens with zero attached hydrogens (tertiary/aromatic N) is 2. The molecular formula is C18H18N2O2. The van der Waals surface area contributed by atoms with Crippen molar-refractivity contribution in [3.05, 3.63) is 66.0 Å². The van der Waals surface area contributed by atoms with Crippen LogP contribution in [0.15, 0.2) is 54.9 Å². The number of pyridine rings is 1. The minimum absolute atomic E-state index is 0.0429. The lowest BCUT2D eigenvalue weighted by molar-refractivity contribution is 0.0636. The summed E-state index contributed by atoms with van der Waals surface area (Å²) in [6, 6.07) is 12.8. The van der Waals surface area contributed by atoms with E-state index in [0.29, 0.717) is 18.7 Å². The Hall–Kier alpha value is -2.49. The van der Waals surface area contributed by atoms with Crippen LogP contribution in [-0.4, -0.2) is 34.7 Å². The number of likely N-dealkylation sites (tertiary alicyclic amines) is 1. The highest BCUT2D eigenvalue weighted by Crippen LogP contribution is 2.22. The molecule has 2 heterocycles. The highest BCUT2D eigenvalue weighted by Gasteiger charge is 2.29. The maximum atomic E-state index is 12.6. The third kappa shape index (κ3) is 3.06. The number of carbonyl (C=O) groups excluding carboxylic acids is 2. The maximum Gasteiger partial charge on any atom is 0.255 e. The van der Waals surface area contributed by atoms with Crippen molar-refractivity contribution >= 4 is 11.7 Å². The fraction of sp³-hybridized carbons (Fsp3) is 0.278. The van der Waals surface area contributed by atoms with Gasteiger partial charge >= 0.3 is 0 Å². The molecule has 1 aliphatic rings. The fourth-order valence-corrected chi connectivity index (χ4v) is 2.89. The predicted molar refractivity (Wildman–Crippen MR) is 83.6 cm³/mol. The van der Waals surface area contributed by atoms with Gasteiger partial charge in [-0.25, -0.2) is 0 Å². The van der Waals surface area contributed by atoms with E-state index >= 15 is 0 Å². The minimum atomic E-state index is -0.114. The summed E-state index contributed by atoms with van der Waals surface area (Å²) in [5.74, 6) is -0.0280. The zero-order valence-electron chi connectivity index (χ0n) is 12.3. The summed E-state index contributed by atoms with van der Waals surface area (Å²) in [5, 5.41) is 0. The first-order valence-corrected chi connectivity index (χ1v) is 7.54. The number of amides is 1. The van der Waals surface area contributed by atoms with Crippen molar-refractivity contribution in [2.75, 3.05) is 13.1 Å². The van der Waals surface area contributed by atoms with Crippen LogP contribution in [0.5, 0.6) is 0 Å². The number of aromatic nitrogens is 1. The summed E-state index contributed by atoms with van der Waals surface area (Å²) in [7, 11) is 0. The van der Waals surface area contributed by atoms with Crippen LogP contribution < -0.4 is 0 Å². The summed E-state index contributed by atoms with van der Waals surface area (Å²) < 4.78 is 0. The normalized spacial score (nSPS) is 18.0. The predicted octanol–water partition coefficient (Wildman–Crippen LogP) is 2.82. The van der Waals surface area contributed by atoms with E-state index in [1.165, 1.54) is 0 Å². The van der Waals surface area contributed by atoms with Crippen molar-refractivity contribution in [1.82, 2.24) is 9.88 Å². The van der Waals surface area contributed by atoms with Crippen LogP contribution in [0.1, 0.15) is 33.6 Å². The van der Waals surface area contributed by atoms with E-state index in [2.05, 4.69) is 4.98 Å². The SMILES string of the molecule is O=C(c1ccccc1)C1CCCN(C(=O)c2cccnc2)C1. The van der Waals surface area contributed by atoms with E-state index in [0.717, 1.165) is 18.4 Å². The fourth-order valence-electron chi connectivity index (χ4n) is 2.89. The molecule has 1 saturated heterocycles. The van der Waals surface area contributed by atoms with E-state index in [1.807, 2.05) is 30.3 Å². The van der Waals surface area contributed by atoms with Gasteiger partial charge in [-0.15, -0.1) is 0 Å². The lowest BCUT2D eigenvalue weighted by Crippen LogP contribution is -2.42. The first-order chi connectivity index (χ1) is 10.8. The Labute approximate surface area is 129 Å². The Morgan fingerprint density at radius 1 is 1.05 bits per heavy atom. The van der Waals surface area contributed by atoms with Gasteiger partial charge in [-0.05, 0) is 25.0 Å². The van der Waals surface area contributed by atoms with Crippen molar-refractivity contribution < 1.29 is 9.59 Å². The van der Waals surface area contributed by atoms with Crippen LogP contribution in [0.4, 0.5) is 0 Å². The van der Waals surface area contributed by atoms with Crippen molar-refractivity contribution in [2.24, 2.45) is 5.92 Å². The third-order valence-corrected chi connectivity index (χ3v) is 4.05. The van der Waals surface area contributed by atoms with E-state index in [9.17, 15) is 9.59 Å². The van der Waals surface area contributed by atoms with Crippen LogP contribution >= 0.6 is 0 Å². The third-order valence-electron chi connectivity index (χ3n) is 4.05. The maximum absolute atomic E-state index is 12.6. The number of carbonyl (C=O) groups is 2. The molecule has 4 heteroatoms. The molecule has 0 aliphatic carbocycles. The molecule has 0 N–H and O–H groups in total. The molecule has 0 radical (unpaired) electrons. The van der Waals surface area contributed by atoms with Gasteiger partial charge in [0, 0.05) is 37.0 Å². The van der Waals surface area contributed by atoms with E-state index in [1.54, 1.807) is 29.4 Å². The van der Waals surface area contributed by atoms with Crippen molar-refractivity contribution in [3.63, 3.8) is 0 Å². The number of benzene rings is 1. The quantitative estimate of drug-likeness (QED) is 0.818. The van der Waals surface area contributed by atoms with Crippen LogP contribution in [0.25, 0.3) is 0 Å². The molecule has 0 saturated carbocycles. The molecule has 22 heavy (non-hydrogen) atoms. The molecule has 4 nitrogen and oxygen atoms in total. The average Bonchev–Trinajstić information content (AvgIpc) is 2.62. The zero-order valence-corrected chi connectivity index (χ0v) is 12.3. The zero-order chi connectivity index (χ0) is 15.4. The molecule has 1 aromatic heterocycles. The number of Topliss-reactive ketones (excluding diaryl/α,β-unsaturated/α-hetero) is 1. The Morgan fingerprint density at radius 3 is 2.55 bits per heavy atom. The Balaban J connectivity index is 1.72. The lowest BCUT2D eigenvalue weighted by atomic mass is 9.90. The van der Waals surface area contributed by atoms with Crippen LogP contribution in [0.2, 0.25) is 0 Å². The van der Waals surface area contributed by atoms with Gasteiger partial charge in [-0.3, -0.25) is 14.6 Å². The minimum Gasteiger partial charge on any atom is -0.338 e. The molecule has 1 aliphatic heterocycles. The molecule has 1 aromatic carbocycles. The molecule has 0 spiro atoms. The van der Waals surface area contributed by atoms with Gasteiger partial charge in [0.25, 0.3) is 5.91 Å². The first-order valence-electron chi connectivity index (χ1n) is 7.54. The van der Waals surface area contributed by atoms with E-state index in [4.69, 9.17) is 0 Å². The number of ketones is 1. The molecule has 1 fully saturated rings. The monoisotopic (exact) mass is 294 g/mol. The summed E-state index contributed by atoms with van der Waals surface area (Å²) in [5.41, 5.74) is 1.30. The van der Waals surface area contributed by atoms with Gasteiger partial charge in [-0.1, -0.05) is 30.3 Å². The Kier molecular flexibility index (Phi) is 4.28. The van der Waals surface area contributed by atoms with Gasteiger partial charge in [0.2, 0.25) is 0 Å². The summed E-state index contributed by atoms with van der Waals surface area (Å²) in [6.45, 7) is 1.19. The smallest absolute Gasteiger partial charge is 0.255 e. The van der Waals surface area contributed by atoms with Gasteiger partial charge in [0.15, 0.2) is 5.78 Å². The van der Waals surface area contributed by atoms with Crippen LogP contribution in [0, 0.1) is 5.92 Å². The van der Waals surface area contributed by atoms with Crippen LogP contribution in [-0.2, 0) is 0 Å². The van der Waals surface area contributed by atoms with Crippen molar-refractivity contribution in [2.45, 2.75) is 12.8 Å². The second-order valence-electron chi connectivity index (χ2n) is 5.56.